The number of benzene rings is 1. The molecule has 0 bridgehead atoms. The van der Waals surface area contributed by atoms with E-state index in [1.807, 2.05) is 30.3 Å². The first-order valence-corrected chi connectivity index (χ1v) is 6.08. The molecule has 1 N–H and O–H groups in total. The first-order valence-electron chi connectivity index (χ1n) is 6.08. The van der Waals surface area contributed by atoms with Gasteiger partial charge in [0.05, 0.1) is 12.6 Å². The molecule has 96 valence electrons. The van der Waals surface area contributed by atoms with Crippen LogP contribution in [0.15, 0.2) is 35.3 Å². The summed E-state index contributed by atoms with van der Waals surface area (Å²) in [5, 5.41) is 3.08. The highest BCUT2D eigenvalue weighted by atomic mass is 19.1. The van der Waals surface area contributed by atoms with Crippen LogP contribution in [0.5, 0.6) is 0 Å². The first kappa shape index (κ1) is 11.6. The fourth-order valence-electron chi connectivity index (χ4n) is 2.28. The van der Waals surface area contributed by atoms with Gasteiger partial charge in [-0.25, -0.2) is 9.38 Å². The third-order valence-electron chi connectivity index (χ3n) is 3.14. The lowest BCUT2D eigenvalue weighted by atomic mass is 10.0. The molecule has 18 heavy (non-hydrogen) atoms. The number of nitrogens with one attached hydrogen (secondary N) is 1. The molecule has 5 heteroatoms. The largest absolute Gasteiger partial charge is 0.476 e. The van der Waals surface area contributed by atoms with Crippen LogP contribution >= 0.6 is 0 Å². The summed E-state index contributed by atoms with van der Waals surface area (Å²) in [6, 6.07) is 9.29. The molecular weight excluding hydrogens is 235 g/mol. The number of halogens is 1. The number of hydrogen-bond acceptors (Lipinski definition) is 4. The van der Waals surface area contributed by atoms with Gasteiger partial charge in [0.2, 0.25) is 5.90 Å². The highest BCUT2D eigenvalue weighted by Crippen LogP contribution is 2.29. The lowest BCUT2D eigenvalue weighted by Crippen LogP contribution is -2.37. The van der Waals surface area contributed by atoms with E-state index >= 15 is 0 Å². The molecule has 0 spiro atoms. The van der Waals surface area contributed by atoms with Gasteiger partial charge in [0, 0.05) is 0 Å². The average molecular weight is 250 g/mol. The van der Waals surface area contributed by atoms with Crippen molar-refractivity contribution in [1.29, 1.82) is 0 Å². The van der Waals surface area contributed by atoms with Crippen molar-refractivity contribution in [1.82, 2.24) is 5.32 Å². The van der Waals surface area contributed by atoms with Gasteiger partial charge in [-0.3, -0.25) is 5.32 Å². The Morgan fingerprint density at radius 2 is 2.17 bits per heavy atom. The highest BCUT2D eigenvalue weighted by molar-refractivity contribution is 5.82. The maximum atomic E-state index is 13.1. The minimum absolute atomic E-state index is 0.298. The molecule has 0 radical (unpaired) electrons. The van der Waals surface area contributed by atoms with Crippen molar-refractivity contribution < 1.29 is 13.9 Å². The van der Waals surface area contributed by atoms with Crippen LogP contribution in [0.3, 0.4) is 0 Å². The zero-order valence-electron chi connectivity index (χ0n) is 9.88. The second kappa shape index (κ2) is 5.04. The van der Waals surface area contributed by atoms with Crippen molar-refractivity contribution in [3.63, 3.8) is 0 Å². The van der Waals surface area contributed by atoms with E-state index in [1.165, 1.54) is 0 Å². The SMILES string of the molecule is FCC1NC(C2=NCCO2)OC1c1ccccc1. The monoisotopic (exact) mass is 250 g/mol. The van der Waals surface area contributed by atoms with Gasteiger partial charge in [-0.1, -0.05) is 30.3 Å². The van der Waals surface area contributed by atoms with Gasteiger partial charge in [0.15, 0.2) is 6.23 Å². The first-order chi connectivity index (χ1) is 8.88. The van der Waals surface area contributed by atoms with Crippen molar-refractivity contribution >= 4 is 5.90 Å². The van der Waals surface area contributed by atoms with Gasteiger partial charge in [0.1, 0.15) is 19.4 Å². The van der Waals surface area contributed by atoms with Crippen LogP contribution in [0.1, 0.15) is 11.7 Å². The van der Waals surface area contributed by atoms with Gasteiger partial charge in [-0.2, -0.15) is 0 Å². The molecule has 4 nitrogen and oxygen atoms in total. The topological polar surface area (TPSA) is 42.9 Å². The van der Waals surface area contributed by atoms with Crippen LogP contribution in [0.4, 0.5) is 4.39 Å². The summed E-state index contributed by atoms with van der Waals surface area (Å²) in [4.78, 5) is 4.20. The van der Waals surface area contributed by atoms with Crippen LogP contribution < -0.4 is 5.32 Å². The van der Waals surface area contributed by atoms with Gasteiger partial charge in [-0.15, -0.1) is 0 Å². The van der Waals surface area contributed by atoms with Crippen LogP contribution in [0, 0.1) is 0 Å². The molecule has 0 amide bonds. The van der Waals surface area contributed by atoms with E-state index in [-0.39, 0.29) is 12.1 Å². The number of ether oxygens (including phenoxy) is 2. The predicted octanol–water partition coefficient (Wildman–Crippen LogP) is 1.44. The van der Waals surface area contributed by atoms with Gasteiger partial charge in [0.25, 0.3) is 0 Å². The molecule has 1 fully saturated rings. The minimum atomic E-state index is -0.483. The standard InChI is InChI=1S/C13H15FN2O2/c14-8-10-11(9-4-2-1-3-5-9)18-13(16-10)12-15-6-7-17-12/h1-5,10-11,13,16H,6-8H2. The van der Waals surface area contributed by atoms with E-state index in [2.05, 4.69) is 10.3 Å². The fourth-order valence-corrected chi connectivity index (χ4v) is 2.28. The minimum Gasteiger partial charge on any atom is -0.476 e. The fraction of sp³-hybridized carbons (Fsp3) is 0.462. The van der Waals surface area contributed by atoms with Gasteiger partial charge in [-0.05, 0) is 5.56 Å². The third-order valence-corrected chi connectivity index (χ3v) is 3.14. The molecular formula is C13H15FN2O2. The number of alkyl halides is 1. The quantitative estimate of drug-likeness (QED) is 0.882. The molecule has 1 aromatic carbocycles. The Bertz CT molecular complexity index is 438. The van der Waals surface area contributed by atoms with Crippen molar-refractivity contribution in [2.75, 3.05) is 19.8 Å². The van der Waals surface area contributed by atoms with E-state index < -0.39 is 12.9 Å². The van der Waals surface area contributed by atoms with E-state index in [0.717, 1.165) is 5.56 Å². The highest BCUT2D eigenvalue weighted by Gasteiger charge is 2.39. The molecule has 2 aliphatic heterocycles. The summed E-state index contributed by atoms with van der Waals surface area (Å²) in [5.74, 6) is 0.534. The molecule has 0 aromatic heterocycles. The average Bonchev–Trinajstić information content (AvgIpc) is 3.08. The number of hydrogen-bond donors (Lipinski definition) is 1. The van der Waals surface area contributed by atoms with E-state index in [0.29, 0.717) is 19.0 Å². The third kappa shape index (κ3) is 2.11. The zero-order chi connectivity index (χ0) is 12.4. The summed E-state index contributed by atoms with van der Waals surface area (Å²) < 4.78 is 24.3. The molecule has 3 atom stereocenters. The van der Waals surface area contributed by atoms with E-state index in [9.17, 15) is 4.39 Å². The Morgan fingerprint density at radius 1 is 1.33 bits per heavy atom. The summed E-state index contributed by atoms with van der Waals surface area (Å²) in [6.07, 6.45) is -0.730. The second-order valence-electron chi connectivity index (χ2n) is 4.34. The smallest absolute Gasteiger partial charge is 0.229 e. The normalized spacial score (nSPS) is 31.2. The molecule has 0 aliphatic carbocycles. The lowest BCUT2D eigenvalue weighted by Gasteiger charge is -2.15. The van der Waals surface area contributed by atoms with Crippen molar-refractivity contribution in [2.24, 2.45) is 4.99 Å². The van der Waals surface area contributed by atoms with Crippen LogP contribution in [0.2, 0.25) is 0 Å². The maximum absolute atomic E-state index is 13.1. The molecule has 0 saturated carbocycles. The molecule has 1 aromatic rings. The molecule has 3 rings (SSSR count). The van der Waals surface area contributed by atoms with Crippen LogP contribution in [0.25, 0.3) is 0 Å². The Balaban J connectivity index is 1.78. The van der Waals surface area contributed by atoms with Gasteiger partial charge >= 0.3 is 0 Å². The lowest BCUT2D eigenvalue weighted by molar-refractivity contribution is 0.0589. The predicted molar refractivity (Wildman–Crippen MR) is 65.2 cm³/mol. The second-order valence-corrected chi connectivity index (χ2v) is 4.34. The van der Waals surface area contributed by atoms with Gasteiger partial charge < -0.3 is 9.47 Å². The van der Waals surface area contributed by atoms with Crippen molar-refractivity contribution in [3.05, 3.63) is 35.9 Å². The van der Waals surface area contributed by atoms with E-state index in [4.69, 9.17) is 9.47 Å². The Kier molecular flexibility index (Phi) is 3.25. The molecule has 2 aliphatic rings. The number of rotatable bonds is 3. The summed E-state index contributed by atoms with van der Waals surface area (Å²) in [5.41, 5.74) is 0.966. The summed E-state index contributed by atoms with van der Waals surface area (Å²) in [6.45, 7) is 0.740. The van der Waals surface area contributed by atoms with E-state index in [1.54, 1.807) is 0 Å². The Hall–Kier alpha value is -1.46. The summed E-state index contributed by atoms with van der Waals surface area (Å²) in [7, 11) is 0. The molecule has 2 heterocycles. The maximum Gasteiger partial charge on any atom is 0.229 e. The van der Waals surface area contributed by atoms with Crippen molar-refractivity contribution in [2.45, 2.75) is 18.4 Å². The Morgan fingerprint density at radius 3 is 2.83 bits per heavy atom. The molecule has 3 unspecified atom stereocenters. The number of aliphatic imine (C=N–C) groups is 1. The number of nitrogens with zero attached hydrogens (tertiary/aromatic N) is 1. The molecule has 1 saturated heterocycles. The Labute approximate surface area is 105 Å². The van der Waals surface area contributed by atoms with Crippen molar-refractivity contribution in [3.8, 4) is 0 Å². The summed E-state index contributed by atoms with van der Waals surface area (Å²) >= 11 is 0. The zero-order valence-corrected chi connectivity index (χ0v) is 9.88. The van der Waals surface area contributed by atoms with Crippen LogP contribution in [-0.4, -0.2) is 38.0 Å². The van der Waals surface area contributed by atoms with Crippen LogP contribution in [-0.2, 0) is 9.47 Å².